The predicted octanol–water partition coefficient (Wildman–Crippen LogP) is 4.88. The Balaban J connectivity index is 1.71. The number of Topliss-reactive ketones (excluding diaryl/α,β-unsaturated/α-hetero) is 1. The third-order valence-electron chi connectivity index (χ3n) is 4.47. The van der Waals surface area contributed by atoms with Crippen molar-refractivity contribution < 1.29 is 9.53 Å². The maximum Gasteiger partial charge on any atom is 0.139 e. The van der Waals surface area contributed by atoms with Gasteiger partial charge in [-0.1, -0.05) is 50.5 Å². The predicted molar refractivity (Wildman–Crippen MR) is 91.2 cm³/mol. The molecule has 0 amide bonds. The average Bonchev–Trinajstić information content (AvgIpc) is 2.54. The SMILES string of the molecule is CCCCCCc1ccc(CC(=O)CC2CCCCO2)cc1. The van der Waals surface area contributed by atoms with E-state index in [0.717, 1.165) is 31.4 Å². The summed E-state index contributed by atoms with van der Waals surface area (Å²) in [4.78, 5) is 12.1. The van der Waals surface area contributed by atoms with Crippen LogP contribution < -0.4 is 0 Å². The minimum Gasteiger partial charge on any atom is -0.378 e. The van der Waals surface area contributed by atoms with E-state index in [1.807, 2.05) is 0 Å². The van der Waals surface area contributed by atoms with E-state index in [1.54, 1.807) is 0 Å². The van der Waals surface area contributed by atoms with Crippen LogP contribution >= 0.6 is 0 Å². The molecule has 2 heteroatoms. The van der Waals surface area contributed by atoms with Crippen molar-refractivity contribution in [1.82, 2.24) is 0 Å². The minimum atomic E-state index is 0.166. The normalized spacial score (nSPS) is 18.3. The first-order valence-electron chi connectivity index (χ1n) is 8.99. The summed E-state index contributed by atoms with van der Waals surface area (Å²) in [5.74, 6) is 0.308. The number of aryl methyl sites for hydroxylation is 1. The highest BCUT2D eigenvalue weighted by Gasteiger charge is 2.17. The third kappa shape index (κ3) is 6.31. The van der Waals surface area contributed by atoms with E-state index in [9.17, 15) is 4.79 Å². The van der Waals surface area contributed by atoms with Gasteiger partial charge in [-0.3, -0.25) is 4.79 Å². The molecule has 2 rings (SSSR count). The van der Waals surface area contributed by atoms with E-state index in [1.165, 1.54) is 37.7 Å². The van der Waals surface area contributed by atoms with E-state index < -0.39 is 0 Å². The lowest BCUT2D eigenvalue weighted by Gasteiger charge is -2.21. The zero-order valence-electron chi connectivity index (χ0n) is 14.0. The van der Waals surface area contributed by atoms with Gasteiger partial charge < -0.3 is 4.74 Å². The number of benzene rings is 1. The minimum absolute atomic E-state index is 0.166. The monoisotopic (exact) mass is 302 g/mol. The number of carbonyl (C=O) groups excluding carboxylic acids is 1. The molecule has 1 atom stereocenters. The van der Waals surface area contributed by atoms with Gasteiger partial charge in [0.1, 0.15) is 5.78 Å². The fourth-order valence-corrected chi connectivity index (χ4v) is 3.10. The molecule has 0 aromatic heterocycles. The highest BCUT2D eigenvalue weighted by atomic mass is 16.5. The summed E-state index contributed by atoms with van der Waals surface area (Å²) in [5.41, 5.74) is 2.53. The van der Waals surface area contributed by atoms with Crippen LogP contribution in [0.2, 0.25) is 0 Å². The van der Waals surface area contributed by atoms with Crippen molar-refractivity contribution in [1.29, 1.82) is 0 Å². The average molecular weight is 302 g/mol. The summed E-state index contributed by atoms with van der Waals surface area (Å²) in [6.07, 6.45) is 11.0. The molecule has 0 radical (unpaired) electrons. The van der Waals surface area contributed by atoms with Crippen molar-refractivity contribution >= 4 is 5.78 Å². The first-order chi connectivity index (χ1) is 10.8. The number of carbonyl (C=O) groups is 1. The first-order valence-corrected chi connectivity index (χ1v) is 8.99. The van der Waals surface area contributed by atoms with Crippen molar-refractivity contribution in [3.05, 3.63) is 35.4 Å². The molecule has 22 heavy (non-hydrogen) atoms. The lowest BCUT2D eigenvalue weighted by Crippen LogP contribution is -2.23. The summed E-state index contributed by atoms with van der Waals surface area (Å²) < 4.78 is 5.65. The second-order valence-corrected chi connectivity index (χ2v) is 6.54. The number of ether oxygens (including phenoxy) is 1. The molecule has 1 aromatic rings. The molecule has 1 heterocycles. The van der Waals surface area contributed by atoms with Crippen molar-refractivity contribution in [2.24, 2.45) is 0 Å². The van der Waals surface area contributed by atoms with Gasteiger partial charge in [-0.25, -0.2) is 0 Å². The van der Waals surface area contributed by atoms with Crippen LogP contribution in [0.4, 0.5) is 0 Å². The summed E-state index contributed by atoms with van der Waals surface area (Å²) in [7, 11) is 0. The van der Waals surface area contributed by atoms with Crippen molar-refractivity contribution in [3.8, 4) is 0 Å². The van der Waals surface area contributed by atoms with E-state index >= 15 is 0 Å². The largest absolute Gasteiger partial charge is 0.378 e. The Morgan fingerprint density at radius 2 is 1.86 bits per heavy atom. The molecule has 1 aromatic carbocycles. The van der Waals surface area contributed by atoms with E-state index in [2.05, 4.69) is 31.2 Å². The van der Waals surface area contributed by atoms with Gasteiger partial charge >= 0.3 is 0 Å². The van der Waals surface area contributed by atoms with Crippen molar-refractivity contribution in [2.75, 3.05) is 6.61 Å². The standard InChI is InChI=1S/C20H30O2/c1-2-3-4-5-8-17-10-12-18(13-11-17)15-19(21)16-20-9-6-7-14-22-20/h10-13,20H,2-9,14-16H2,1H3. The van der Waals surface area contributed by atoms with Gasteiger partial charge in [-0.15, -0.1) is 0 Å². The molecule has 0 saturated carbocycles. The van der Waals surface area contributed by atoms with E-state index in [4.69, 9.17) is 4.74 Å². The van der Waals surface area contributed by atoms with Gasteiger partial charge in [-0.2, -0.15) is 0 Å². The number of unbranched alkanes of at least 4 members (excludes halogenated alkanes) is 3. The van der Waals surface area contributed by atoms with Gasteiger partial charge in [0.2, 0.25) is 0 Å². The summed E-state index contributed by atoms with van der Waals surface area (Å²) in [6.45, 7) is 3.06. The molecule has 1 aliphatic rings. The number of ketones is 1. The van der Waals surface area contributed by atoms with Gasteiger partial charge in [-0.05, 0) is 43.2 Å². The van der Waals surface area contributed by atoms with Crippen LogP contribution in [0.25, 0.3) is 0 Å². The topological polar surface area (TPSA) is 26.3 Å². The van der Waals surface area contributed by atoms with Crippen LogP contribution in [-0.2, 0) is 22.4 Å². The van der Waals surface area contributed by atoms with E-state index in [-0.39, 0.29) is 6.10 Å². The molecule has 1 fully saturated rings. The zero-order valence-corrected chi connectivity index (χ0v) is 14.0. The Labute approximate surface area is 135 Å². The van der Waals surface area contributed by atoms with Crippen LogP contribution in [0.1, 0.15) is 69.4 Å². The summed E-state index contributed by atoms with van der Waals surface area (Å²) in [5, 5.41) is 0. The van der Waals surface area contributed by atoms with Crippen LogP contribution in [0.5, 0.6) is 0 Å². The molecule has 0 spiro atoms. The van der Waals surface area contributed by atoms with E-state index in [0.29, 0.717) is 18.6 Å². The zero-order chi connectivity index (χ0) is 15.6. The Hall–Kier alpha value is -1.15. The molecule has 0 bridgehead atoms. The third-order valence-corrected chi connectivity index (χ3v) is 4.47. The van der Waals surface area contributed by atoms with Crippen LogP contribution in [0.3, 0.4) is 0 Å². The molecule has 2 nitrogen and oxygen atoms in total. The van der Waals surface area contributed by atoms with Gasteiger partial charge in [0.15, 0.2) is 0 Å². The molecule has 1 unspecified atom stereocenters. The molecule has 0 aliphatic carbocycles. The molecular weight excluding hydrogens is 272 g/mol. The number of hydrogen-bond acceptors (Lipinski definition) is 2. The van der Waals surface area contributed by atoms with Crippen LogP contribution in [-0.4, -0.2) is 18.5 Å². The first kappa shape index (κ1) is 17.2. The highest BCUT2D eigenvalue weighted by molar-refractivity contribution is 5.81. The number of rotatable bonds is 9. The molecule has 122 valence electrons. The smallest absolute Gasteiger partial charge is 0.139 e. The van der Waals surface area contributed by atoms with Crippen LogP contribution in [0.15, 0.2) is 24.3 Å². The van der Waals surface area contributed by atoms with Crippen molar-refractivity contribution in [3.63, 3.8) is 0 Å². The fraction of sp³-hybridized carbons (Fsp3) is 0.650. The number of hydrogen-bond donors (Lipinski definition) is 0. The summed E-state index contributed by atoms with van der Waals surface area (Å²) >= 11 is 0. The quantitative estimate of drug-likeness (QED) is 0.608. The maximum absolute atomic E-state index is 12.1. The second kappa shape index (κ2) is 9.78. The van der Waals surface area contributed by atoms with Gasteiger partial charge in [0.05, 0.1) is 6.10 Å². The Kier molecular flexibility index (Phi) is 7.65. The molecular formula is C20H30O2. The fourth-order valence-electron chi connectivity index (χ4n) is 3.10. The lowest BCUT2D eigenvalue weighted by molar-refractivity contribution is -0.122. The highest BCUT2D eigenvalue weighted by Crippen LogP contribution is 2.17. The maximum atomic E-state index is 12.1. The second-order valence-electron chi connectivity index (χ2n) is 6.54. The lowest BCUT2D eigenvalue weighted by atomic mass is 9.98. The van der Waals surface area contributed by atoms with Gasteiger partial charge in [0.25, 0.3) is 0 Å². The summed E-state index contributed by atoms with van der Waals surface area (Å²) in [6, 6.07) is 8.61. The Bertz CT molecular complexity index is 430. The molecule has 1 saturated heterocycles. The molecule has 0 N–H and O–H groups in total. The molecule has 1 aliphatic heterocycles. The van der Waals surface area contributed by atoms with Crippen molar-refractivity contribution in [2.45, 2.75) is 77.2 Å². The van der Waals surface area contributed by atoms with Crippen LogP contribution in [0, 0.1) is 0 Å². The Morgan fingerprint density at radius 3 is 2.55 bits per heavy atom. The Morgan fingerprint density at radius 1 is 1.09 bits per heavy atom. The van der Waals surface area contributed by atoms with Gasteiger partial charge in [0, 0.05) is 19.4 Å².